The number of hydrogen-bond acceptors (Lipinski definition) is 3. The van der Waals surface area contributed by atoms with Gasteiger partial charge in [0, 0.05) is 51.2 Å². The molecular formula is C23H32N4. The van der Waals surface area contributed by atoms with Gasteiger partial charge in [-0.15, -0.1) is 0 Å². The molecule has 0 radical (unpaired) electrons. The van der Waals surface area contributed by atoms with Crippen molar-refractivity contribution in [3.05, 3.63) is 53.9 Å². The van der Waals surface area contributed by atoms with Gasteiger partial charge in [0.15, 0.2) is 0 Å². The lowest BCUT2D eigenvalue weighted by atomic mass is 9.83. The van der Waals surface area contributed by atoms with Crippen LogP contribution in [0.3, 0.4) is 0 Å². The smallest absolute Gasteiger partial charge is 0.0659 e. The summed E-state index contributed by atoms with van der Waals surface area (Å²) in [6.07, 6.45) is 11.1. The summed E-state index contributed by atoms with van der Waals surface area (Å²) in [5, 5.41) is 4.34. The second kappa shape index (κ2) is 7.76. The molecule has 1 saturated carbocycles. The van der Waals surface area contributed by atoms with Gasteiger partial charge in [0.05, 0.1) is 6.54 Å². The molecule has 3 saturated heterocycles. The van der Waals surface area contributed by atoms with Gasteiger partial charge in [0.2, 0.25) is 0 Å². The molecule has 2 bridgehead atoms. The Morgan fingerprint density at radius 2 is 1.81 bits per heavy atom. The van der Waals surface area contributed by atoms with Gasteiger partial charge in [-0.2, -0.15) is 5.10 Å². The zero-order valence-electron chi connectivity index (χ0n) is 16.3. The number of hydrogen-bond donors (Lipinski definition) is 0. The minimum absolute atomic E-state index is 0.789. The van der Waals surface area contributed by atoms with Crippen molar-refractivity contribution in [1.29, 1.82) is 0 Å². The molecule has 4 heterocycles. The van der Waals surface area contributed by atoms with Gasteiger partial charge < -0.3 is 0 Å². The molecule has 27 heavy (non-hydrogen) atoms. The number of nitrogens with zero attached hydrogens (tertiary/aromatic N) is 4. The lowest BCUT2D eigenvalue weighted by molar-refractivity contribution is 0.0891. The topological polar surface area (TPSA) is 24.3 Å². The monoisotopic (exact) mass is 364 g/mol. The highest BCUT2D eigenvalue weighted by Gasteiger charge is 2.36. The summed E-state index contributed by atoms with van der Waals surface area (Å²) in [6, 6.07) is 11.9. The predicted molar refractivity (Wildman–Crippen MR) is 108 cm³/mol. The van der Waals surface area contributed by atoms with Gasteiger partial charge in [-0.05, 0) is 54.7 Å². The summed E-state index contributed by atoms with van der Waals surface area (Å²) in [4.78, 5) is 5.59. The van der Waals surface area contributed by atoms with E-state index in [9.17, 15) is 0 Å². The molecule has 2 atom stereocenters. The van der Waals surface area contributed by atoms with E-state index in [2.05, 4.69) is 39.2 Å². The van der Waals surface area contributed by atoms with Crippen molar-refractivity contribution in [2.45, 2.75) is 51.2 Å². The fourth-order valence-electron chi connectivity index (χ4n) is 5.30. The van der Waals surface area contributed by atoms with E-state index in [1.54, 1.807) is 0 Å². The van der Waals surface area contributed by atoms with E-state index in [4.69, 9.17) is 0 Å². The minimum Gasteiger partial charge on any atom is -0.299 e. The summed E-state index contributed by atoms with van der Waals surface area (Å²) >= 11 is 0. The molecular weight excluding hydrogens is 332 g/mol. The van der Waals surface area contributed by atoms with Gasteiger partial charge in [0.1, 0.15) is 0 Å². The van der Waals surface area contributed by atoms with Crippen molar-refractivity contribution in [1.82, 2.24) is 19.6 Å². The molecule has 1 aromatic carbocycles. The van der Waals surface area contributed by atoms with Crippen LogP contribution >= 0.6 is 0 Å². The summed E-state index contributed by atoms with van der Waals surface area (Å²) in [5.41, 5.74) is 2.80. The van der Waals surface area contributed by atoms with Crippen LogP contribution in [0.25, 0.3) is 0 Å². The van der Waals surface area contributed by atoms with E-state index < -0.39 is 0 Å². The molecule has 6 rings (SSSR count). The molecule has 4 fully saturated rings. The Hall–Kier alpha value is -1.65. The lowest BCUT2D eigenvalue weighted by Gasteiger charge is -2.40. The Balaban J connectivity index is 1.23. The zero-order valence-corrected chi connectivity index (χ0v) is 16.3. The summed E-state index contributed by atoms with van der Waals surface area (Å²) in [5.74, 6) is 1.87. The van der Waals surface area contributed by atoms with Crippen LogP contribution in [0, 0.1) is 11.8 Å². The first-order chi connectivity index (χ1) is 13.3. The maximum Gasteiger partial charge on any atom is 0.0659 e. The number of benzene rings is 1. The Labute approximate surface area is 163 Å². The quantitative estimate of drug-likeness (QED) is 0.782. The highest BCUT2D eigenvalue weighted by atomic mass is 15.3. The van der Waals surface area contributed by atoms with Crippen LogP contribution in [-0.4, -0.2) is 51.8 Å². The number of piperidine rings is 1. The summed E-state index contributed by atoms with van der Waals surface area (Å²) < 4.78 is 2.00. The molecule has 4 heteroatoms. The minimum atomic E-state index is 0.789. The Kier molecular flexibility index (Phi) is 5.02. The first-order valence-electron chi connectivity index (χ1n) is 10.8. The molecule has 0 unspecified atom stereocenters. The van der Waals surface area contributed by atoms with E-state index in [1.807, 2.05) is 23.1 Å². The number of rotatable bonds is 6. The molecule has 2 aromatic rings. The van der Waals surface area contributed by atoms with E-state index in [0.29, 0.717) is 0 Å². The van der Waals surface area contributed by atoms with Crippen LogP contribution in [0.5, 0.6) is 0 Å². The van der Waals surface area contributed by atoms with Gasteiger partial charge in [-0.25, -0.2) is 0 Å². The largest absolute Gasteiger partial charge is 0.299 e. The molecule has 1 aliphatic carbocycles. The third-order valence-electron chi connectivity index (χ3n) is 6.92. The van der Waals surface area contributed by atoms with E-state index in [0.717, 1.165) is 31.0 Å². The van der Waals surface area contributed by atoms with Crippen molar-refractivity contribution in [2.75, 3.05) is 26.2 Å². The van der Waals surface area contributed by atoms with Crippen LogP contribution in [0.4, 0.5) is 0 Å². The molecule has 0 N–H and O–H groups in total. The molecule has 4 aliphatic rings. The average molecular weight is 365 g/mol. The van der Waals surface area contributed by atoms with Crippen LogP contribution in [0.1, 0.15) is 43.2 Å². The molecule has 0 spiro atoms. The summed E-state index contributed by atoms with van der Waals surface area (Å²) in [6.45, 7) is 7.21. The average Bonchev–Trinajstić information content (AvgIpc) is 2.99. The standard InChI is InChI=1S/C23H32N4/c1-4-19(5-1)15-26-16-22-8-9-23(26)18-25(14-22)13-20-6-2-7-21(12-20)17-27-11-3-10-24-27/h2-3,6-7,10-12,19,22-23H,1,4-5,8-9,13-18H2/t22-,23+/m0/s1. The SMILES string of the molecule is c1cc(CN2C[C@@H]3CC[C@H](C2)N(CC2CCC2)C3)cc(Cn2cccn2)c1. The van der Waals surface area contributed by atoms with Gasteiger partial charge in [-0.3, -0.25) is 14.5 Å². The highest BCUT2D eigenvalue weighted by molar-refractivity contribution is 5.23. The van der Waals surface area contributed by atoms with E-state index in [-0.39, 0.29) is 0 Å². The Morgan fingerprint density at radius 3 is 2.59 bits per heavy atom. The fraction of sp³-hybridized carbons (Fsp3) is 0.609. The van der Waals surface area contributed by atoms with Crippen molar-refractivity contribution >= 4 is 0 Å². The van der Waals surface area contributed by atoms with Gasteiger partial charge in [-0.1, -0.05) is 30.7 Å². The molecule has 4 nitrogen and oxygen atoms in total. The number of aromatic nitrogens is 2. The fourth-order valence-corrected chi connectivity index (χ4v) is 5.30. The third kappa shape index (κ3) is 4.12. The molecule has 144 valence electrons. The second-order valence-corrected chi connectivity index (χ2v) is 9.07. The Morgan fingerprint density at radius 1 is 0.926 bits per heavy atom. The number of fused-ring (bicyclic) bond motifs is 4. The van der Waals surface area contributed by atoms with E-state index in [1.165, 1.54) is 69.4 Å². The van der Waals surface area contributed by atoms with Gasteiger partial charge >= 0.3 is 0 Å². The van der Waals surface area contributed by atoms with Crippen molar-refractivity contribution in [3.8, 4) is 0 Å². The first-order valence-corrected chi connectivity index (χ1v) is 10.8. The molecule has 1 aromatic heterocycles. The normalized spacial score (nSPS) is 26.8. The van der Waals surface area contributed by atoms with Crippen LogP contribution in [0.15, 0.2) is 42.7 Å². The molecule has 3 aliphatic heterocycles. The zero-order chi connectivity index (χ0) is 18.1. The third-order valence-corrected chi connectivity index (χ3v) is 6.92. The van der Waals surface area contributed by atoms with Crippen molar-refractivity contribution in [2.24, 2.45) is 11.8 Å². The van der Waals surface area contributed by atoms with Crippen LogP contribution < -0.4 is 0 Å². The van der Waals surface area contributed by atoms with Crippen molar-refractivity contribution in [3.63, 3.8) is 0 Å². The second-order valence-electron chi connectivity index (χ2n) is 9.07. The lowest BCUT2D eigenvalue weighted by Crippen LogP contribution is -2.46. The Bertz CT molecular complexity index is 737. The molecule has 0 amide bonds. The van der Waals surface area contributed by atoms with Crippen LogP contribution in [0.2, 0.25) is 0 Å². The first kappa shape index (κ1) is 17.4. The van der Waals surface area contributed by atoms with Crippen molar-refractivity contribution < 1.29 is 0 Å². The van der Waals surface area contributed by atoms with Gasteiger partial charge in [0.25, 0.3) is 0 Å². The highest BCUT2D eigenvalue weighted by Crippen LogP contribution is 2.33. The van der Waals surface area contributed by atoms with Crippen LogP contribution in [-0.2, 0) is 13.1 Å². The van der Waals surface area contributed by atoms with E-state index >= 15 is 0 Å². The maximum absolute atomic E-state index is 4.34. The maximum atomic E-state index is 4.34. The predicted octanol–water partition coefficient (Wildman–Crippen LogP) is 3.63. The summed E-state index contributed by atoms with van der Waals surface area (Å²) in [7, 11) is 0.